The van der Waals surface area contributed by atoms with Gasteiger partial charge >= 0.3 is 0 Å². The highest BCUT2D eigenvalue weighted by Crippen LogP contribution is 1.83. The molecule has 1 fully saturated rings. The first kappa shape index (κ1) is 6.20. The van der Waals surface area contributed by atoms with Crippen LogP contribution in [0.15, 0.2) is 0 Å². The van der Waals surface area contributed by atoms with Crippen molar-refractivity contribution in [3.8, 4) is 0 Å². The summed E-state index contributed by atoms with van der Waals surface area (Å²) in [5.74, 6) is 0. The fourth-order valence-electron chi connectivity index (χ4n) is 0.745. The van der Waals surface area contributed by atoms with Crippen LogP contribution in [0.4, 0.5) is 0 Å². The normalized spacial score (nSPS) is 22.0. The maximum absolute atomic E-state index is 3.25. The molecule has 0 aromatic rings. The summed E-state index contributed by atoms with van der Waals surface area (Å²) in [6, 6.07) is 0. The molecule has 1 aliphatic heterocycles. The summed E-state index contributed by atoms with van der Waals surface area (Å²) in [7, 11) is 4.02. The molecule has 0 aromatic heterocycles. The standard InChI is InChI=1S/C2H10B3N3/c1-5-7-3-6-4-8(5)2/h3-4,6-7H,1-2H3. The van der Waals surface area contributed by atoms with Gasteiger partial charge in [0, 0.05) is 0 Å². The third-order valence-corrected chi connectivity index (χ3v) is 1.54. The molecule has 0 amide bonds. The van der Waals surface area contributed by atoms with Gasteiger partial charge in [-0.1, -0.05) is 6.82 Å². The quantitative estimate of drug-likeness (QED) is 0.344. The van der Waals surface area contributed by atoms with Gasteiger partial charge in [0.2, 0.25) is 0 Å². The van der Waals surface area contributed by atoms with Crippen molar-refractivity contribution in [2.45, 2.75) is 6.82 Å². The molecule has 1 rings (SSSR count). The van der Waals surface area contributed by atoms with E-state index in [1.807, 2.05) is 0 Å². The van der Waals surface area contributed by atoms with Crippen molar-refractivity contribution in [1.82, 2.24) is 15.0 Å². The van der Waals surface area contributed by atoms with Gasteiger partial charge in [0.25, 0.3) is 22.1 Å². The van der Waals surface area contributed by atoms with E-state index in [9.17, 15) is 0 Å². The largest absolute Gasteiger partial charge is 0.377 e. The SMILES string of the molecule is CB1NBNBN1C. The van der Waals surface area contributed by atoms with Crippen molar-refractivity contribution in [1.29, 1.82) is 0 Å². The molecule has 0 aromatic carbocycles. The molecular weight excluding hydrogens is 98.5 g/mol. The van der Waals surface area contributed by atoms with Gasteiger partial charge in [-0.3, -0.25) is 0 Å². The molecule has 1 heterocycles. The minimum Gasteiger partial charge on any atom is -0.377 e. The lowest BCUT2D eigenvalue weighted by molar-refractivity contribution is 0.787. The van der Waals surface area contributed by atoms with E-state index in [0.717, 1.165) is 15.1 Å². The predicted molar refractivity (Wildman–Crippen MR) is 40.0 cm³/mol. The summed E-state index contributed by atoms with van der Waals surface area (Å²) < 4.78 is 2.21. The highest BCUT2D eigenvalue weighted by molar-refractivity contribution is 6.73. The van der Waals surface area contributed by atoms with Crippen molar-refractivity contribution in [3.63, 3.8) is 0 Å². The van der Waals surface area contributed by atoms with Crippen LogP contribution in [0.2, 0.25) is 6.82 Å². The van der Waals surface area contributed by atoms with Crippen molar-refractivity contribution < 1.29 is 0 Å². The fourth-order valence-corrected chi connectivity index (χ4v) is 0.745. The zero-order chi connectivity index (χ0) is 5.98. The van der Waals surface area contributed by atoms with E-state index in [1.165, 1.54) is 0 Å². The van der Waals surface area contributed by atoms with Gasteiger partial charge in [0.15, 0.2) is 0 Å². The van der Waals surface area contributed by atoms with E-state index in [2.05, 4.69) is 28.9 Å². The average molecular weight is 109 g/mol. The summed E-state index contributed by atoms with van der Waals surface area (Å²) in [5, 5.41) is 6.43. The third-order valence-electron chi connectivity index (χ3n) is 1.54. The molecule has 0 radical (unpaired) electrons. The van der Waals surface area contributed by atoms with Crippen LogP contribution >= 0.6 is 0 Å². The van der Waals surface area contributed by atoms with Gasteiger partial charge in [-0.2, -0.15) is 0 Å². The minimum atomic E-state index is 0.524. The molecule has 0 unspecified atom stereocenters. The van der Waals surface area contributed by atoms with Crippen molar-refractivity contribution in [3.05, 3.63) is 0 Å². The maximum atomic E-state index is 3.25. The summed E-state index contributed by atoms with van der Waals surface area (Å²) in [6.07, 6.45) is 0. The number of nitrogens with one attached hydrogen (secondary N) is 2. The lowest BCUT2D eigenvalue weighted by Gasteiger charge is -2.26. The maximum Gasteiger partial charge on any atom is 0.283 e. The summed E-state index contributed by atoms with van der Waals surface area (Å²) in [4.78, 5) is 0. The number of rotatable bonds is 0. The first-order valence-corrected chi connectivity index (χ1v) is 2.95. The molecule has 0 aliphatic carbocycles. The minimum absolute atomic E-state index is 0.524. The lowest BCUT2D eigenvalue weighted by atomic mass is 9.65. The molecule has 1 aliphatic rings. The molecule has 1 saturated heterocycles. The van der Waals surface area contributed by atoms with Gasteiger partial charge in [0.1, 0.15) is 0 Å². The van der Waals surface area contributed by atoms with Crippen LogP contribution in [0.5, 0.6) is 0 Å². The number of hydrogen-bond acceptors (Lipinski definition) is 3. The first-order chi connectivity index (χ1) is 3.80. The molecular formula is C2H10B3N3. The smallest absolute Gasteiger partial charge is 0.283 e. The van der Waals surface area contributed by atoms with Gasteiger partial charge < -0.3 is 15.0 Å². The van der Waals surface area contributed by atoms with Crippen LogP contribution in [-0.2, 0) is 0 Å². The Bertz CT molecular complexity index is 68.9. The Hall–Kier alpha value is 0.0748. The molecule has 3 nitrogen and oxygen atoms in total. The van der Waals surface area contributed by atoms with Crippen molar-refractivity contribution in [2.75, 3.05) is 7.05 Å². The molecule has 0 spiro atoms. The van der Waals surface area contributed by atoms with E-state index in [1.54, 1.807) is 0 Å². The van der Waals surface area contributed by atoms with Crippen LogP contribution in [0.25, 0.3) is 0 Å². The van der Waals surface area contributed by atoms with Crippen molar-refractivity contribution >= 4 is 22.1 Å². The van der Waals surface area contributed by atoms with Gasteiger partial charge in [-0.25, -0.2) is 0 Å². The Labute approximate surface area is 51.9 Å². The lowest BCUT2D eigenvalue weighted by Crippen LogP contribution is -2.62. The molecule has 2 N–H and O–H groups in total. The van der Waals surface area contributed by atoms with Crippen LogP contribution in [0.1, 0.15) is 0 Å². The van der Waals surface area contributed by atoms with E-state index in [4.69, 9.17) is 0 Å². The zero-order valence-electron chi connectivity index (χ0n) is 5.44. The van der Waals surface area contributed by atoms with E-state index >= 15 is 0 Å². The molecule has 42 valence electrons. The van der Waals surface area contributed by atoms with Crippen LogP contribution in [0.3, 0.4) is 0 Å². The Balaban J connectivity index is 2.28. The molecule has 0 saturated carbocycles. The highest BCUT2D eigenvalue weighted by Gasteiger charge is 2.18. The Morgan fingerprint density at radius 2 is 2.38 bits per heavy atom. The van der Waals surface area contributed by atoms with Crippen molar-refractivity contribution in [2.24, 2.45) is 0 Å². The predicted octanol–water partition coefficient (Wildman–Crippen LogP) is -2.24. The Morgan fingerprint density at radius 1 is 1.62 bits per heavy atom. The summed E-state index contributed by atoms with van der Waals surface area (Å²) >= 11 is 0. The highest BCUT2D eigenvalue weighted by atomic mass is 15.1. The van der Waals surface area contributed by atoms with Gasteiger partial charge in [-0.05, 0) is 7.05 Å². The van der Waals surface area contributed by atoms with E-state index < -0.39 is 0 Å². The Kier molecular flexibility index (Phi) is 1.99. The Morgan fingerprint density at radius 3 is 2.75 bits per heavy atom. The fraction of sp³-hybridized carbons (Fsp3) is 1.00. The summed E-state index contributed by atoms with van der Waals surface area (Å²) in [6.45, 7) is 2.68. The van der Waals surface area contributed by atoms with E-state index in [-0.39, 0.29) is 0 Å². The monoisotopic (exact) mass is 109 g/mol. The van der Waals surface area contributed by atoms with E-state index in [0.29, 0.717) is 6.98 Å². The van der Waals surface area contributed by atoms with Gasteiger partial charge in [0.05, 0.1) is 0 Å². The molecule has 0 bridgehead atoms. The van der Waals surface area contributed by atoms with Crippen LogP contribution in [0, 0.1) is 0 Å². The number of hydrogen-bond donors (Lipinski definition) is 2. The second-order valence-electron chi connectivity index (χ2n) is 2.22. The topological polar surface area (TPSA) is 27.3 Å². The average Bonchev–Trinajstić information content (AvgIpc) is 1.77. The molecule has 8 heavy (non-hydrogen) atoms. The summed E-state index contributed by atoms with van der Waals surface area (Å²) in [5.41, 5.74) is 0. The van der Waals surface area contributed by atoms with Crippen LogP contribution < -0.4 is 10.3 Å². The third kappa shape index (κ3) is 1.28. The second-order valence-corrected chi connectivity index (χ2v) is 2.22. The number of nitrogens with zero attached hydrogens (tertiary/aromatic N) is 1. The second kappa shape index (κ2) is 2.57. The molecule has 0 atom stereocenters. The van der Waals surface area contributed by atoms with Crippen LogP contribution in [-0.4, -0.2) is 33.9 Å². The molecule has 6 heteroatoms. The zero-order valence-corrected chi connectivity index (χ0v) is 5.44. The first-order valence-electron chi connectivity index (χ1n) is 2.95. The van der Waals surface area contributed by atoms with Gasteiger partial charge in [-0.15, -0.1) is 0 Å².